The normalized spacial score (nSPS) is 11.5. The van der Waals surface area contributed by atoms with E-state index in [0.717, 1.165) is 6.07 Å². The third kappa shape index (κ3) is 4.50. The second kappa shape index (κ2) is 8.54. The molecule has 0 bridgehead atoms. The van der Waals surface area contributed by atoms with Gasteiger partial charge in [-0.1, -0.05) is 30.3 Å². The zero-order chi connectivity index (χ0) is 19.8. The van der Waals surface area contributed by atoms with E-state index in [0.29, 0.717) is 10.9 Å². The molecule has 0 radical (unpaired) electrons. The van der Waals surface area contributed by atoms with Crippen LogP contribution in [0.4, 0.5) is 11.4 Å². The van der Waals surface area contributed by atoms with Crippen LogP contribution in [0.2, 0.25) is 0 Å². The topological polar surface area (TPSA) is 137 Å². The van der Waals surface area contributed by atoms with Crippen LogP contribution >= 0.6 is 0 Å². The molecular formula is C18H16CaN2O6S. The molecule has 3 aromatic rings. The molecule has 0 aliphatic carbocycles. The van der Waals surface area contributed by atoms with Gasteiger partial charge in [0.15, 0.2) is 0 Å². The van der Waals surface area contributed by atoms with E-state index in [1.807, 2.05) is 0 Å². The molecule has 28 heavy (non-hydrogen) atoms. The molecular weight excluding hydrogens is 412 g/mol. The number of rotatable bonds is 4. The summed E-state index contributed by atoms with van der Waals surface area (Å²) in [7, 11) is -4.52. The van der Waals surface area contributed by atoms with Crippen LogP contribution in [0.15, 0.2) is 63.7 Å². The van der Waals surface area contributed by atoms with Crippen molar-refractivity contribution in [3.63, 3.8) is 0 Å². The van der Waals surface area contributed by atoms with E-state index in [1.54, 1.807) is 31.2 Å². The van der Waals surface area contributed by atoms with Crippen LogP contribution in [0, 0.1) is 6.92 Å². The Kier molecular flexibility index (Phi) is 6.79. The Morgan fingerprint density at radius 3 is 2.18 bits per heavy atom. The van der Waals surface area contributed by atoms with Gasteiger partial charge in [0.25, 0.3) is 10.1 Å². The average Bonchev–Trinajstić information content (AvgIpc) is 2.61. The predicted octanol–water partition coefficient (Wildman–Crippen LogP) is 3.30. The van der Waals surface area contributed by atoms with E-state index in [-0.39, 0.29) is 60.1 Å². The number of fused-ring (bicyclic) bond motifs is 1. The molecule has 142 valence electrons. The minimum absolute atomic E-state index is 0. The van der Waals surface area contributed by atoms with Crippen molar-refractivity contribution in [2.24, 2.45) is 10.2 Å². The van der Waals surface area contributed by atoms with Crippen molar-refractivity contribution < 1.29 is 28.0 Å². The first-order valence-electron chi connectivity index (χ1n) is 7.66. The van der Waals surface area contributed by atoms with Gasteiger partial charge in [-0.3, -0.25) is 4.55 Å². The molecule has 0 heterocycles. The molecule has 0 spiro atoms. The molecule has 0 saturated carbocycles. The molecule has 0 unspecified atom stereocenters. The van der Waals surface area contributed by atoms with Crippen LogP contribution in [0.3, 0.4) is 0 Å². The summed E-state index contributed by atoms with van der Waals surface area (Å²) in [5, 5.41) is 28.0. The number of aromatic hydroxyl groups is 1. The number of phenols is 1. The molecule has 3 N–H and O–H groups in total. The van der Waals surface area contributed by atoms with Crippen LogP contribution < -0.4 is 0 Å². The van der Waals surface area contributed by atoms with Crippen LogP contribution in [0.25, 0.3) is 10.8 Å². The van der Waals surface area contributed by atoms with Crippen LogP contribution in [-0.2, 0) is 10.1 Å². The third-order valence-corrected chi connectivity index (χ3v) is 4.77. The molecule has 0 aliphatic heterocycles. The Morgan fingerprint density at radius 1 is 0.964 bits per heavy atom. The van der Waals surface area contributed by atoms with E-state index >= 15 is 0 Å². The second-order valence-electron chi connectivity index (χ2n) is 5.79. The number of azo groups is 1. The SMILES string of the molecule is Cc1ccc(N=Nc2cc(C(=O)O)c(O)c3ccccc23)c(S(=O)(=O)O)c1.[CaH2]. The van der Waals surface area contributed by atoms with Gasteiger partial charge in [0.2, 0.25) is 0 Å². The number of benzene rings is 3. The van der Waals surface area contributed by atoms with Crippen molar-refractivity contribution in [2.45, 2.75) is 11.8 Å². The molecule has 3 aromatic carbocycles. The Morgan fingerprint density at radius 2 is 1.57 bits per heavy atom. The number of aromatic carboxylic acids is 1. The number of nitrogens with zero attached hydrogens (tertiary/aromatic N) is 2. The summed E-state index contributed by atoms with van der Waals surface area (Å²) in [5.41, 5.74) is 0.270. The van der Waals surface area contributed by atoms with Gasteiger partial charge in [0.05, 0.1) is 5.69 Å². The van der Waals surface area contributed by atoms with Gasteiger partial charge in [-0.25, -0.2) is 4.79 Å². The summed E-state index contributed by atoms with van der Waals surface area (Å²) in [5.74, 6) is -1.74. The Labute approximate surface area is 190 Å². The summed E-state index contributed by atoms with van der Waals surface area (Å²) in [6.45, 7) is 1.65. The van der Waals surface area contributed by atoms with E-state index in [4.69, 9.17) is 0 Å². The zero-order valence-electron chi connectivity index (χ0n) is 14.0. The first kappa shape index (κ1) is 22.3. The summed E-state index contributed by atoms with van der Waals surface area (Å²) >= 11 is 0. The number of carboxylic acid groups (broad SMARTS) is 1. The summed E-state index contributed by atoms with van der Waals surface area (Å²) < 4.78 is 32.5. The maximum atomic E-state index is 11.6. The summed E-state index contributed by atoms with van der Waals surface area (Å²) in [6, 6.07) is 11.8. The first-order valence-corrected chi connectivity index (χ1v) is 9.10. The molecule has 0 fully saturated rings. The standard InChI is InChI=1S/C18H14N2O6S.Ca.2H/c1-10-6-7-14(16(8-10)27(24,25)26)19-20-15-9-13(18(22)23)17(21)12-5-3-2-4-11(12)15;;;/h2-9,21H,1H3,(H,22,23)(H,24,25,26);;;. The molecule has 10 heteroatoms. The van der Waals surface area contributed by atoms with Crippen molar-refractivity contribution in [3.8, 4) is 5.75 Å². The number of carbonyl (C=O) groups is 1. The van der Waals surface area contributed by atoms with Gasteiger partial charge in [0.1, 0.15) is 21.9 Å². The molecule has 0 aliphatic rings. The van der Waals surface area contributed by atoms with Gasteiger partial charge >= 0.3 is 43.7 Å². The zero-order valence-corrected chi connectivity index (χ0v) is 14.8. The van der Waals surface area contributed by atoms with E-state index in [9.17, 15) is 28.0 Å². The van der Waals surface area contributed by atoms with Crippen molar-refractivity contribution >= 4 is 76.0 Å². The van der Waals surface area contributed by atoms with Gasteiger partial charge < -0.3 is 10.2 Å². The Balaban J connectivity index is 0.00000280. The summed E-state index contributed by atoms with van der Waals surface area (Å²) in [6.07, 6.45) is 0. The van der Waals surface area contributed by atoms with Gasteiger partial charge in [0, 0.05) is 10.8 Å². The molecule has 0 aromatic heterocycles. The molecule has 0 saturated heterocycles. The van der Waals surface area contributed by atoms with Gasteiger partial charge in [-0.15, -0.1) is 10.2 Å². The van der Waals surface area contributed by atoms with Gasteiger partial charge in [-0.2, -0.15) is 8.42 Å². The van der Waals surface area contributed by atoms with E-state index < -0.39 is 26.7 Å². The molecule has 0 atom stereocenters. The minimum atomic E-state index is -4.52. The monoisotopic (exact) mass is 428 g/mol. The Bertz CT molecular complexity index is 1210. The van der Waals surface area contributed by atoms with Crippen LogP contribution in [0.5, 0.6) is 5.75 Å². The van der Waals surface area contributed by atoms with Crippen molar-refractivity contribution in [2.75, 3.05) is 0 Å². The number of carboxylic acids is 1. The number of aryl methyl sites for hydroxylation is 1. The predicted molar refractivity (Wildman–Crippen MR) is 106 cm³/mol. The van der Waals surface area contributed by atoms with E-state index in [2.05, 4.69) is 10.2 Å². The fourth-order valence-corrected chi connectivity index (χ4v) is 3.31. The van der Waals surface area contributed by atoms with E-state index in [1.165, 1.54) is 18.2 Å². The molecule has 8 nitrogen and oxygen atoms in total. The quantitative estimate of drug-likeness (QED) is 0.331. The fourth-order valence-electron chi connectivity index (χ4n) is 2.60. The molecule has 0 amide bonds. The number of hydrogen-bond acceptors (Lipinski definition) is 6. The summed E-state index contributed by atoms with van der Waals surface area (Å²) in [4.78, 5) is 11.0. The third-order valence-electron chi connectivity index (χ3n) is 3.88. The maximum absolute atomic E-state index is 11.6. The first-order chi connectivity index (χ1) is 12.7. The number of hydrogen-bond donors (Lipinski definition) is 3. The van der Waals surface area contributed by atoms with Crippen molar-refractivity contribution in [1.29, 1.82) is 0 Å². The van der Waals surface area contributed by atoms with Gasteiger partial charge in [-0.05, 0) is 30.7 Å². The second-order valence-corrected chi connectivity index (χ2v) is 7.18. The van der Waals surface area contributed by atoms with Crippen molar-refractivity contribution in [1.82, 2.24) is 0 Å². The van der Waals surface area contributed by atoms with Crippen molar-refractivity contribution in [3.05, 3.63) is 59.7 Å². The molecule has 3 rings (SSSR count). The van der Waals surface area contributed by atoms with Crippen LogP contribution in [-0.4, -0.2) is 66.9 Å². The average molecular weight is 428 g/mol. The Hall–Kier alpha value is -2.04. The fraction of sp³-hybridized carbons (Fsp3) is 0.0556. The van der Waals surface area contributed by atoms with Crippen LogP contribution in [0.1, 0.15) is 15.9 Å².